The molecule has 1 amide bonds. The molecule has 3 aliphatic rings. The van der Waals surface area contributed by atoms with E-state index < -0.39 is 17.3 Å². The van der Waals surface area contributed by atoms with Crippen molar-refractivity contribution in [3.8, 4) is 0 Å². The third kappa shape index (κ3) is 3.65. The molecule has 0 aromatic carbocycles. The second-order valence-electron chi connectivity index (χ2n) is 9.50. The Labute approximate surface area is 173 Å². The molecule has 0 aromatic heterocycles. The predicted octanol–water partition coefficient (Wildman–Crippen LogP) is 3.14. The Bertz CT molecular complexity index is 806. The molecule has 1 spiro atoms. The third-order valence-electron chi connectivity index (χ3n) is 7.01. The molecule has 5 nitrogen and oxygen atoms in total. The second kappa shape index (κ2) is 8.02. The Morgan fingerprint density at radius 1 is 1.17 bits per heavy atom. The van der Waals surface area contributed by atoms with E-state index in [-0.39, 0.29) is 35.5 Å². The second-order valence-corrected chi connectivity index (χ2v) is 9.50. The number of aliphatic hydroxyl groups is 1. The number of allylic oxidation sites excluding steroid dienone is 5. The van der Waals surface area contributed by atoms with E-state index in [0.717, 1.165) is 18.1 Å². The van der Waals surface area contributed by atoms with Crippen molar-refractivity contribution in [1.82, 2.24) is 5.32 Å². The zero-order chi connectivity index (χ0) is 21.5. The Morgan fingerprint density at radius 2 is 1.86 bits per heavy atom. The standard InChI is InChI=1S/C24H33NO4/c1-13(2)10-18-22-16(5)15(4)12-17-11-14(3)6-7-19(26)20(27)8-9-21(28)24(17,22)23(29)25-18/h8-9,11-13,16-19,22,26H,6-7,10H2,1-5H3,(H,25,29)/b9-8+,14-11+/t16-,17+,18+,19+,22+,24-/m1/s1. The number of rotatable bonds is 2. The van der Waals surface area contributed by atoms with Crippen LogP contribution in [0.2, 0.25) is 0 Å². The van der Waals surface area contributed by atoms with Crippen LogP contribution in [0.25, 0.3) is 0 Å². The molecule has 2 N–H and O–H groups in total. The maximum absolute atomic E-state index is 13.6. The van der Waals surface area contributed by atoms with Crippen LogP contribution in [0.5, 0.6) is 0 Å². The van der Waals surface area contributed by atoms with Crippen LogP contribution in [0.4, 0.5) is 0 Å². The van der Waals surface area contributed by atoms with Gasteiger partial charge in [0.25, 0.3) is 0 Å². The monoisotopic (exact) mass is 399 g/mol. The number of ketones is 2. The number of hydrogen-bond donors (Lipinski definition) is 2. The summed E-state index contributed by atoms with van der Waals surface area (Å²) >= 11 is 0. The minimum Gasteiger partial charge on any atom is -0.385 e. The number of carbonyl (C=O) groups excluding carboxylic acids is 3. The summed E-state index contributed by atoms with van der Waals surface area (Å²) in [6.07, 6.45) is 7.00. The molecule has 1 fully saturated rings. The smallest absolute Gasteiger partial charge is 0.235 e. The zero-order valence-electron chi connectivity index (χ0n) is 18.1. The van der Waals surface area contributed by atoms with Crippen molar-refractivity contribution in [3.63, 3.8) is 0 Å². The van der Waals surface area contributed by atoms with Gasteiger partial charge in [-0.1, -0.05) is 44.1 Å². The number of amides is 1. The zero-order valence-corrected chi connectivity index (χ0v) is 18.1. The average molecular weight is 400 g/mol. The number of hydrogen-bond acceptors (Lipinski definition) is 4. The summed E-state index contributed by atoms with van der Waals surface area (Å²) in [7, 11) is 0. The summed E-state index contributed by atoms with van der Waals surface area (Å²) < 4.78 is 0. The van der Waals surface area contributed by atoms with Gasteiger partial charge in [0.15, 0.2) is 11.6 Å². The first kappa shape index (κ1) is 21.7. The minimum absolute atomic E-state index is 0.0754. The van der Waals surface area contributed by atoms with E-state index in [2.05, 4.69) is 39.1 Å². The van der Waals surface area contributed by atoms with Gasteiger partial charge in [0, 0.05) is 17.9 Å². The normalized spacial score (nSPS) is 40.9. The van der Waals surface area contributed by atoms with Gasteiger partial charge in [-0.2, -0.15) is 0 Å². The van der Waals surface area contributed by atoms with Gasteiger partial charge in [-0.15, -0.1) is 0 Å². The van der Waals surface area contributed by atoms with Crippen molar-refractivity contribution in [3.05, 3.63) is 35.5 Å². The Kier molecular flexibility index (Phi) is 6.00. The van der Waals surface area contributed by atoms with Crippen molar-refractivity contribution in [2.24, 2.45) is 29.1 Å². The van der Waals surface area contributed by atoms with Gasteiger partial charge in [-0.05, 0) is 57.1 Å². The van der Waals surface area contributed by atoms with E-state index in [9.17, 15) is 19.5 Å². The minimum atomic E-state index is -1.24. The van der Waals surface area contributed by atoms with Gasteiger partial charge >= 0.3 is 0 Å². The van der Waals surface area contributed by atoms with Crippen LogP contribution in [-0.4, -0.2) is 34.7 Å². The van der Waals surface area contributed by atoms with Crippen molar-refractivity contribution < 1.29 is 19.5 Å². The first-order valence-corrected chi connectivity index (χ1v) is 10.7. The lowest BCUT2D eigenvalue weighted by atomic mass is 9.55. The molecule has 1 heterocycles. The fourth-order valence-corrected chi connectivity index (χ4v) is 5.45. The first-order valence-electron chi connectivity index (χ1n) is 10.7. The van der Waals surface area contributed by atoms with Gasteiger partial charge in [0.05, 0.1) is 0 Å². The van der Waals surface area contributed by atoms with E-state index in [1.165, 1.54) is 11.6 Å². The summed E-state index contributed by atoms with van der Waals surface area (Å²) in [5, 5.41) is 13.2. The van der Waals surface area contributed by atoms with E-state index in [1.807, 2.05) is 13.0 Å². The molecule has 0 unspecified atom stereocenters. The first-order chi connectivity index (χ1) is 13.6. The highest BCUT2D eigenvalue weighted by Gasteiger charge is 2.64. The lowest BCUT2D eigenvalue weighted by Crippen LogP contribution is -2.51. The van der Waals surface area contributed by atoms with E-state index >= 15 is 0 Å². The van der Waals surface area contributed by atoms with Gasteiger partial charge in [-0.25, -0.2) is 0 Å². The number of carbonyl (C=O) groups is 3. The fourth-order valence-electron chi connectivity index (χ4n) is 5.45. The lowest BCUT2D eigenvalue weighted by molar-refractivity contribution is -0.142. The average Bonchev–Trinajstić information content (AvgIpc) is 2.93. The van der Waals surface area contributed by atoms with Crippen LogP contribution < -0.4 is 5.32 Å². The lowest BCUT2D eigenvalue weighted by Gasteiger charge is -2.44. The van der Waals surface area contributed by atoms with Crippen LogP contribution in [0.3, 0.4) is 0 Å². The number of aliphatic hydroxyl groups excluding tert-OH is 1. The summed E-state index contributed by atoms with van der Waals surface area (Å²) in [4.78, 5) is 39.3. The van der Waals surface area contributed by atoms with Gasteiger partial charge < -0.3 is 10.4 Å². The number of nitrogens with one attached hydrogen (secondary N) is 1. The summed E-state index contributed by atoms with van der Waals surface area (Å²) in [6.45, 7) is 10.3. The van der Waals surface area contributed by atoms with Gasteiger partial charge in [0.2, 0.25) is 5.91 Å². The molecular weight excluding hydrogens is 366 g/mol. The molecule has 1 aliphatic heterocycles. The van der Waals surface area contributed by atoms with Crippen molar-refractivity contribution >= 4 is 17.5 Å². The van der Waals surface area contributed by atoms with Crippen molar-refractivity contribution in [2.45, 2.75) is 66.0 Å². The molecule has 0 saturated carbocycles. The van der Waals surface area contributed by atoms with Crippen LogP contribution in [0.1, 0.15) is 53.9 Å². The van der Waals surface area contributed by atoms with Crippen LogP contribution in [0.15, 0.2) is 35.5 Å². The van der Waals surface area contributed by atoms with E-state index in [4.69, 9.17) is 0 Å². The highest BCUT2D eigenvalue weighted by atomic mass is 16.3. The third-order valence-corrected chi connectivity index (χ3v) is 7.01. The van der Waals surface area contributed by atoms with Crippen LogP contribution >= 0.6 is 0 Å². The predicted molar refractivity (Wildman–Crippen MR) is 112 cm³/mol. The largest absolute Gasteiger partial charge is 0.385 e. The summed E-state index contributed by atoms with van der Waals surface area (Å²) in [5.74, 6) is -1.12. The maximum atomic E-state index is 13.6. The van der Waals surface area contributed by atoms with Crippen molar-refractivity contribution in [2.75, 3.05) is 0 Å². The van der Waals surface area contributed by atoms with E-state index in [1.54, 1.807) is 0 Å². The SMILES string of the molecule is CC1=C[C@@H]2/C=C(\C)CC[C@H](O)C(=O)/C=C/C(=O)[C@]23C(=O)N[C@@H](CC(C)C)[C@@H]3[C@@H]1C. The molecule has 0 aromatic rings. The molecule has 5 heteroatoms. The Hall–Kier alpha value is -2.01. The molecule has 29 heavy (non-hydrogen) atoms. The fraction of sp³-hybridized carbons (Fsp3) is 0.625. The van der Waals surface area contributed by atoms with Gasteiger partial charge in [0.1, 0.15) is 11.5 Å². The molecule has 1 saturated heterocycles. The van der Waals surface area contributed by atoms with Gasteiger partial charge in [-0.3, -0.25) is 14.4 Å². The summed E-state index contributed by atoms with van der Waals surface area (Å²) in [6, 6.07) is -0.0823. The van der Waals surface area contributed by atoms with Crippen LogP contribution in [-0.2, 0) is 14.4 Å². The molecule has 2 aliphatic carbocycles. The Balaban J connectivity index is 2.21. The highest BCUT2D eigenvalue weighted by Crippen LogP contribution is 2.55. The highest BCUT2D eigenvalue weighted by molar-refractivity contribution is 6.15. The molecule has 158 valence electrons. The van der Waals surface area contributed by atoms with Crippen LogP contribution in [0, 0.1) is 29.1 Å². The molecule has 6 atom stereocenters. The quantitative estimate of drug-likeness (QED) is 0.552. The molecule has 3 rings (SSSR count). The Morgan fingerprint density at radius 3 is 2.52 bits per heavy atom. The molecule has 0 bridgehead atoms. The van der Waals surface area contributed by atoms with E-state index in [0.29, 0.717) is 18.8 Å². The molecular formula is C24H33NO4. The topological polar surface area (TPSA) is 83.5 Å². The molecule has 0 radical (unpaired) electrons. The maximum Gasteiger partial charge on any atom is 0.235 e. The van der Waals surface area contributed by atoms with Crippen molar-refractivity contribution in [1.29, 1.82) is 0 Å². The summed E-state index contributed by atoms with van der Waals surface area (Å²) in [5.41, 5.74) is 0.923.